The standard InChI is InChI=1S/C28H31N3O2/c1-5-31(6-2)25-16-12-22(13-17-25)19-26(28(33)29-24-14-10-20(3)11-15-24)30-27(32)23-9-7-8-21(4)18-23/h7-19H,5-6H2,1-4H3,(H,29,33)(H,30,32)/b26-19+. The Morgan fingerprint density at radius 2 is 1.52 bits per heavy atom. The molecule has 0 fully saturated rings. The summed E-state index contributed by atoms with van der Waals surface area (Å²) in [7, 11) is 0. The van der Waals surface area contributed by atoms with Gasteiger partial charge in [-0.05, 0) is 75.7 Å². The van der Waals surface area contributed by atoms with Crippen LogP contribution >= 0.6 is 0 Å². The average Bonchev–Trinajstić information content (AvgIpc) is 2.82. The van der Waals surface area contributed by atoms with Crippen molar-refractivity contribution in [3.63, 3.8) is 0 Å². The summed E-state index contributed by atoms with van der Waals surface area (Å²) in [5.41, 5.74) is 5.36. The summed E-state index contributed by atoms with van der Waals surface area (Å²) in [5, 5.41) is 5.68. The van der Waals surface area contributed by atoms with Crippen molar-refractivity contribution in [3.8, 4) is 0 Å². The fourth-order valence-corrected chi connectivity index (χ4v) is 3.51. The van der Waals surface area contributed by atoms with Crippen molar-refractivity contribution in [2.45, 2.75) is 27.7 Å². The van der Waals surface area contributed by atoms with Crippen molar-refractivity contribution < 1.29 is 9.59 Å². The molecule has 0 saturated carbocycles. The molecule has 0 atom stereocenters. The first-order valence-electron chi connectivity index (χ1n) is 11.2. The number of hydrogen-bond acceptors (Lipinski definition) is 3. The van der Waals surface area contributed by atoms with E-state index in [4.69, 9.17) is 0 Å². The number of carbonyl (C=O) groups excluding carboxylic acids is 2. The number of anilines is 2. The minimum atomic E-state index is -0.382. The van der Waals surface area contributed by atoms with Gasteiger partial charge in [0.05, 0.1) is 0 Å². The van der Waals surface area contributed by atoms with Crippen molar-refractivity contribution in [3.05, 3.63) is 101 Å². The molecule has 3 aromatic carbocycles. The van der Waals surface area contributed by atoms with Gasteiger partial charge in [0.1, 0.15) is 5.70 Å². The van der Waals surface area contributed by atoms with Crippen LogP contribution < -0.4 is 15.5 Å². The Morgan fingerprint density at radius 1 is 0.848 bits per heavy atom. The van der Waals surface area contributed by atoms with E-state index in [1.165, 1.54) is 0 Å². The van der Waals surface area contributed by atoms with Crippen LogP contribution in [0.2, 0.25) is 0 Å². The second-order valence-corrected chi connectivity index (χ2v) is 7.97. The van der Waals surface area contributed by atoms with E-state index in [2.05, 4.69) is 29.4 Å². The van der Waals surface area contributed by atoms with Crippen molar-refractivity contribution in [1.29, 1.82) is 0 Å². The summed E-state index contributed by atoms with van der Waals surface area (Å²) in [6.07, 6.45) is 1.70. The third-order valence-electron chi connectivity index (χ3n) is 5.42. The molecular weight excluding hydrogens is 410 g/mol. The Kier molecular flexibility index (Phi) is 8.03. The van der Waals surface area contributed by atoms with Gasteiger partial charge in [0, 0.05) is 30.0 Å². The number of amides is 2. The summed E-state index contributed by atoms with van der Waals surface area (Å²) in [5.74, 6) is -0.712. The van der Waals surface area contributed by atoms with E-state index in [0.29, 0.717) is 11.3 Å². The maximum absolute atomic E-state index is 13.1. The number of nitrogens with zero attached hydrogens (tertiary/aromatic N) is 1. The molecule has 0 aliphatic carbocycles. The average molecular weight is 442 g/mol. The topological polar surface area (TPSA) is 61.4 Å². The molecular formula is C28H31N3O2. The number of hydrogen-bond donors (Lipinski definition) is 2. The molecule has 0 radical (unpaired) electrons. The van der Waals surface area contributed by atoms with Gasteiger partial charge in [-0.25, -0.2) is 0 Å². The summed E-state index contributed by atoms with van der Waals surface area (Å²) >= 11 is 0. The first kappa shape index (κ1) is 23.8. The highest BCUT2D eigenvalue weighted by molar-refractivity contribution is 6.10. The predicted octanol–water partition coefficient (Wildman–Crippen LogP) is 5.56. The van der Waals surface area contributed by atoms with Crippen molar-refractivity contribution >= 4 is 29.3 Å². The Bertz CT molecular complexity index is 1130. The molecule has 5 nitrogen and oxygen atoms in total. The number of benzene rings is 3. The van der Waals surface area contributed by atoms with E-state index in [1.54, 1.807) is 18.2 Å². The maximum Gasteiger partial charge on any atom is 0.272 e. The molecule has 33 heavy (non-hydrogen) atoms. The van der Waals surface area contributed by atoms with Crippen LogP contribution in [0.5, 0.6) is 0 Å². The monoisotopic (exact) mass is 441 g/mol. The molecule has 3 rings (SSSR count). The van der Waals surface area contributed by atoms with Gasteiger partial charge in [-0.15, -0.1) is 0 Å². The van der Waals surface area contributed by atoms with Gasteiger partial charge in [0.15, 0.2) is 0 Å². The van der Waals surface area contributed by atoms with Crippen LogP contribution in [0.1, 0.15) is 40.9 Å². The highest BCUT2D eigenvalue weighted by Crippen LogP contribution is 2.18. The van der Waals surface area contributed by atoms with Crippen LogP contribution in [0.15, 0.2) is 78.5 Å². The summed E-state index contributed by atoms with van der Waals surface area (Å²) in [4.78, 5) is 28.2. The second kappa shape index (κ2) is 11.1. The first-order valence-corrected chi connectivity index (χ1v) is 11.2. The molecule has 0 spiro atoms. The maximum atomic E-state index is 13.1. The van der Waals surface area contributed by atoms with Crippen LogP contribution in [0.3, 0.4) is 0 Å². The quantitative estimate of drug-likeness (QED) is 0.450. The summed E-state index contributed by atoms with van der Waals surface area (Å²) in [6, 6.07) is 22.8. The highest BCUT2D eigenvalue weighted by atomic mass is 16.2. The fraction of sp³-hybridized carbons (Fsp3) is 0.214. The van der Waals surface area contributed by atoms with E-state index in [1.807, 2.05) is 74.5 Å². The zero-order chi connectivity index (χ0) is 23.8. The molecule has 0 heterocycles. The second-order valence-electron chi connectivity index (χ2n) is 7.97. The number of aryl methyl sites for hydroxylation is 2. The fourth-order valence-electron chi connectivity index (χ4n) is 3.51. The lowest BCUT2D eigenvalue weighted by atomic mass is 10.1. The highest BCUT2D eigenvalue weighted by Gasteiger charge is 2.15. The van der Waals surface area contributed by atoms with Gasteiger partial charge in [-0.2, -0.15) is 0 Å². The molecule has 0 bridgehead atoms. The van der Waals surface area contributed by atoms with E-state index in [0.717, 1.165) is 35.5 Å². The largest absolute Gasteiger partial charge is 0.372 e. The van der Waals surface area contributed by atoms with Gasteiger partial charge in [0.25, 0.3) is 11.8 Å². The van der Waals surface area contributed by atoms with Crippen LogP contribution in [0, 0.1) is 13.8 Å². The van der Waals surface area contributed by atoms with Crippen molar-refractivity contribution in [1.82, 2.24) is 5.32 Å². The van der Waals surface area contributed by atoms with Crippen LogP contribution in [0.4, 0.5) is 11.4 Å². The Morgan fingerprint density at radius 3 is 2.12 bits per heavy atom. The lowest BCUT2D eigenvalue weighted by Gasteiger charge is -2.21. The van der Waals surface area contributed by atoms with Crippen molar-refractivity contribution in [2.24, 2.45) is 0 Å². The minimum absolute atomic E-state index is 0.178. The molecule has 0 aromatic heterocycles. The van der Waals surface area contributed by atoms with Crippen LogP contribution in [-0.2, 0) is 4.79 Å². The molecule has 2 N–H and O–H groups in total. The van der Waals surface area contributed by atoms with E-state index >= 15 is 0 Å². The summed E-state index contributed by atoms with van der Waals surface area (Å²) in [6.45, 7) is 9.98. The molecule has 0 saturated heterocycles. The predicted molar refractivity (Wildman–Crippen MR) is 136 cm³/mol. The third kappa shape index (κ3) is 6.56. The lowest BCUT2D eigenvalue weighted by Crippen LogP contribution is -2.30. The van der Waals surface area contributed by atoms with Crippen LogP contribution in [0.25, 0.3) is 6.08 Å². The number of carbonyl (C=O) groups is 2. The Balaban J connectivity index is 1.89. The van der Waals surface area contributed by atoms with Gasteiger partial charge >= 0.3 is 0 Å². The number of nitrogens with one attached hydrogen (secondary N) is 2. The zero-order valence-corrected chi connectivity index (χ0v) is 19.7. The molecule has 0 unspecified atom stereocenters. The first-order chi connectivity index (χ1) is 15.9. The Hall–Kier alpha value is -3.86. The van der Waals surface area contributed by atoms with E-state index in [9.17, 15) is 9.59 Å². The smallest absolute Gasteiger partial charge is 0.272 e. The molecule has 2 amide bonds. The Labute approximate surface area is 196 Å². The van der Waals surface area contributed by atoms with Gasteiger partial charge in [0.2, 0.25) is 0 Å². The van der Waals surface area contributed by atoms with Gasteiger partial charge in [-0.1, -0.05) is 47.5 Å². The third-order valence-corrected chi connectivity index (χ3v) is 5.42. The molecule has 0 aliphatic heterocycles. The molecule has 5 heteroatoms. The number of rotatable bonds is 8. The van der Waals surface area contributed by atoms with Crippen molar-refractivity contribution in [2.75, 3.05) is 23.3 Å². The molecule has 3 aromatic rings. The van der Waals surface area contributed by atoms with E-state index in [-0.39, 0.29) is 17.5 Å². The van der Waals surface area contributed by atoms with Gasteiger partial charge < -0.3 is 15.5 Å². The lowest BCUT2D eigenvalue weighted by molar-refractivity contribution is -0.113. The zero-order valence-electron chi connectivity index (χ0n) is 19.7. The minimum Gasteiger partial charge on any atom is -0.372 e. The van der Waals surface area contributed by atoms with Gasteiger partial charge in [-0.3, -0.25) is 9.59 Å². The van der Waals surface area contributed by atoms with Crippen LogP contribution in [-0.4, -0.2) is 24.9 Å². The SMILES string of the molecule is CCN(CC)c1ccc(/C=C(/NC(=O)c2cccc(C)c2)C(=O)Nc2ccc(C)cc2)cc1. The normalized spacial score (nSPS) is 11.1. The molecule has 0 aliphatic rings. The van der Waals surface area contributed by atoms with E-state index < -0.39 is 0 Å². The molecule has 170 valence electrons. The summed E-state index contributed by atoms with van der Waals surface area (Å²) < 4.78 is 0.